The zero-order valence-corrected chi connectivity index (χ0v) is 12.2. The van der Waals surface area contributed by atoms with E-state index in [-0.39, 0.29) is 22.8 Å². The van der Waals surface area contributed by atoms with Crippen LogP contribution in [-0.4, -0.2) is 22.5 Å². The molecule has 0 aliphatic rings. The van der Waals surface area contributed by atoms with Crippen LogP contribution in [0.2, 0.25) is 5.02 Å². The van der Waals surface area contributed by atoms with E-state index in [1.807, 2.05) is 5.38 Å². The SMILES string of the molecule is O=C(NCC(O)c1cccs1)c1cc([N+](=O)[O-])ccc1Cl. The summed E-state index contributed by atoms with van der Waals surface area (Å²) in [4.78, 5) is 22.8. The van der Waals surface area contributed by atoms with Crippen molar-refractivity contribution in [1.29, 1.82) is 0 Å². The average molecular weight is 327 g/mol. The number of aliphatic hydroxyl groups is 1. The highest BCUT2D eigenvalue weighted by molar-refractivity contribution is 7.10. The van der Waals surface area contributed by atoms with Gasteiger partial charge >= 0.3 is 0 Å². The van der Waals surface area contributed by atoms with Crippen molar-refractivity contribution in [3.05, 3.63) is 61.3 Å². The third-order valence-electron chi connectivity index (χ3n) is 2.73. The number of hydrogen-bond donors (Lipinski definition) is 2. The number of benzene rings is 1. The summed E-state index contributed by atoms with van der Waals surface area (Å²) in [6.07, 6.45) is -0.827. The number of thiophene rings is 1. The quantitative estimate of drug-likeness (QED) is 0.652. The van der Waals surface area contributed by atoms with Gasteiger partial charge < -0.3 is 10.4 Å². The van der Waals surface area contributed by atoms with Crippen molar-refractivity contribution in [2.45, 2.75) is 6.10 Å². The molecule has 6 nitrogen and oxygen atoms in total. The predicted molar refractivity (Wildman–Crippen MR) is 79.7 cm³/mol. The summed E-state index contributed by atoms with van der Waals surface area (Å²) < 4.78 is 0. The molecule has 1 unspecified atom stereocenters. The molecule has 8 heteroatoms. The minimum absolute atomic E-state index is 0.00162. The fourth-order valence-electron chi connectivity index (χ4n) is 1.67. The number of non-ortho nitro benzene ring substituents is 1. The molecule has 0 spiro atoms. The number of nitrogens with one attached hydrogen (secondary N) is 1. The lowest BCUT2D eigenvalue weighted by Crippen LogP contribution is -2.28. The molecule has 1 amide bonds. The van der Waals surface area contributed by atoms with Crippen molar-refractivity contribution in [3.8, 4) is 0 Å². The molecular weight excluding hydrogens is 316 g/mol. The molecule has 110 valence electrons. The van der Waals surface area contributed by atoms with E-state index in [0.29, 0.717) is 0 Å². The van der Waals surface area contributed by atoms with E-state index in [2.05, 4.69) is 5.32 Å². The molecule has 0 saturated heterocycles. The van der Waals surface area contributed by atoms with Gasteiger partial charge in [0.05, 0.1) is 15.5 Å². The number of carbonyl (C=O) groups is 1. The first-order valence-electron chi connectivity index (χ1n) is 5.92. The second kappa shape index (κ2) is 6.66. The van der Waals surface area contributed by atoms with Gasteiger partial charge in [-0.25, -0.2) is 0 Å². The molecular formula is C13H11ClN2O4S. The Morgan fingerprint density at radius 3 is 2.86 bits per heavy atom. The van der Waals surface area contributed by atoms with Crippen LogP contribution in [0.15, 0.2) is 35.7 Å². The van der Waals surface area contributed by atoms with E-state index in [1.165, 1.54) is 23.5 Å². The number of aliphatic hydroxyl groups excluding tert-OH is 1. The number of carbonyl (C=O) groups excluding carboxylic acids is 1. The van der Waals surface area contributed by atoms with Crippen LogP contribution in [0.3, 0.4) is 0 Å². The first-order valence-corrected chi connectivity index (χ1v) is 7.18. The molecule has 0 aliphatic heterocycles. The van der Waals surface area contributed by atoms with Crippen LogP contribution in [-0.2, 0) is 0 Å². The van der Waals surface area contributed by atoms with Crippen LogP contribution >= 0.6 is 22.9 Å². The molecule has 21 heavy (non-hydrogen) atoms. The summed E-state index contributed by atoms with van der Waals surface area (Å²) in [5, 5.41) is 25.0. The third-order valence-corrected chi connectivity index (χ3v) is 4.04. The topological polar surface area (TPSA) is 92.5 Å². The maximum absolute atomic E-state index is 12.0. The second-order valence-electron chi connectivity index (χ2n) is 4.16. The summed E-state index contributed by atoms with van der Waals surface area (Å²) in [7, 11) is 0. The van der Waals surface area contributed by atoms with Gasteiger partial charge in [0, 0.05) is 23.6 Å². The highest BCUT2D eigenvalue weighted by Gasteiger charge is 2.17. The molecule has 2 N–H and O–H groups in total. The molecule has 1 atom stereocenters. The lowest BCUT2D eigenvalue weighted by molar-refractivity contribution is -0.384. The van der Waals surface area contributed by atoms with Crippen LogP contribution in [0.25, 0.3) is 0 Å². The van der Waals surface area contributed by atoms with Gasteiger partial charge in [0.1, 0.15) is 6.10 Å². The molecule has 0 saturated carbocycles. The Kier molecular flexibility index (Phi) is 4.89. The molecule has 0 bridgehead atoms. The van der Waals surface area contributed by atoms with E-state index in [4.69, 9.17) is 11.6 Å². The predicted octanol–water partition coefficient (Wildman–Crippen LogP) is 2.77. The molecule has 1 aromatic carbocycles. The minimum atomic E-state index is -0.827. The van der Waals surface area contributed by atoms with Crippen molar-refractivity contribution in [3.63, 3.8) is 0 Å². The van der Waals surface area contributed by atoms with E-state index in [1.54, 1.807) is 12.1 Å². The van der Waals surface area contributed by atoms with E-state index < -0.39 is 16.9 Å². The lowest BCUT2D eigenvalue weighted by Gasteiger charge is -2.11. The minimum Gasteiger partial charge on any atom is -0.386 e. The number of nitrogens with zero attached hydrogens (tertiary/aromatic N) is 1. The molecule has 0 fully saturated rings. The Morgan fingerprint density at radius 2 is 2.24 bits per heavy atom. The first kappa shape index (κ1) is 15.4. The van der Waals surface area contributed by atoms with Gasteiger partial charge in [0.25, 0.3) is 11.6 Å². The van der Waals surface area contributed by atoms with Gasteiger partial charge in [-0.2, -0.15) is 0 Å². The molecule has 2 rings (SSSR count). The van der Waals surface area contributed by atoms with E-state index in [0.717, 1.165) is 10.9 Å². The molecule has 0 aliphatic carbocycles. The van der Waals surface area contributed by atoms with Gasteiger partial charge in [-0.05, 0) is 17.5 Å². The lowest BCUT2D eigenvalue weighted by atomic mass is 10.2. The maximum Gasteiger partial charge on any atom is 0.270 e. The van der Waals surface area contributed by atoms with Crippen molar-refractivity contribution >= 4 is 34.5 Å². The van der Waals surface area contributed by atoms with Crippen LogP contribution in [0.5, 0.6) is 0 Å². The van der Waals surface area contributed by atoms with Crippen LogP contribution in [0.4, 0.5) is 5.69 Å². The highest BCUT2D eigenvalue weighted by atomic mass is 35.5. The molecule has 0 radical (unpaired) electrons. The summed E-state index contributed by atoms with van der Waals surface area (Å²) >= 11 is 7.24. The summed E-state index contributed by atoms with van der Waals surface area (Å²) in [6.45, 7) is -0.00162. The van der Waals surface area contributed by atoms with Gasteiger partial charge in [-0.3, -0.25) is 14.9 Å². The van der Waals surface area contributed by atoms with Gasteiger partial charge in [-0.1, -0.05) is 17.7 Å². The smallest absolute Gasteiger partial charge is 0.270 e. The number of nitro benzene ring substituents is 1. The fraction of sp³-hybridized carbons (Fsp3) is 0.154. The van der Waals surface area contributed by atoms with Crippen molar-refractivity contribution < 1.29 is 14.8 Å². The molecule has 2 aromatic rings. The summed E-state index contributed by atoms with van der Waals surface area (Å²) in [6, 6.07) is 7.17. The average Bonchev–Trinajstić information content (AvgIpc) is 2.98. The van der Waals surface area contributed by atoms with E-state index in [9.17, 15) is 20.0 Å². The van der Waals surface area contributed by atoms with Crippen LogP contribution < -0.4 is 5.32 Å². The number of hydrogen-bond acceptors (Lipinski definition) is 5. The van der Waals surface area contributed by atoms with Crippen LogP contribution in [0, 0.1) is 10.1 Å². The molecule has 1 aromatic heterocycles. The van der Waals surface area contributed by atoms with Crippen molar-refractivity contribution in [1.82, 2.24) is 5.32 Å². The summed E-state index contributed by atoms with van der Waals surface area (Å²) in [5.74, 6) is -0.570. The number of halogens is 1. The fourth-order valence-corrected chi connectivity index (χ4v) is 2.58. The zero-order valence-electron chi connectivity index (χ0n) is 10.7. The highest BCUT2D eigenvalue weighted by Crippen LogP contribution is 2.22. The Morgan fingerprint density at radius 1 is 1.48 bits per heavy atom. The standard InChI is InChI=1S/C13H11ClN2O4S/c14-10-4-3-8(16(19)20)6-9(10)13(18)15-7-11(17)12-2-1-5-21-12/h1-6,11,17H,7H2,(H,15,18). The van der Waals surface area contributed by atoms with Gasteiger partial charge in [0.2, 0.25) is 0 Å². The third kappa shape index (κ3) is 3.78. The van der Waals surface area contributed by atoms with Gasteiger partial charge in [-0.15, -0.1) is 11.3 Å². The Labute approximate surface area is 129 Å². The monoisotopic (exact) mass is 326 g/mol. The number of nitro groups is 1. The van der Waals surface area contributed by atoms with Crippen LogP contribution in [0.1, 0.15) is 21.3 Å². The Hall–Kier alpha value is -1.96. The van der Waals surface area contributed by atoms with Crippen molar-refractivity contribution in [2.75, 3.05) is 6.54 Å². The largest absolute Gasteiger partial charge is 0.386 e. The molecule has 1 heterocycles. The Balaban J connectivity index is 2.06. The second-order valence-corrected chi connectivity index (χ2v) is 5.55. The summed E-state index contributed by atoms with van der Waals surface area (Å²) in [5.41, 5.74) is -0.215. The van der Waals surface area contributed by atoms with E-state index >= 15 is 0 Å². The first-order chi connectivity index (χ1) is 9.99. The maximum atomic E-state index is 12.0. The Bertz CT molecular complexity index is 660. The number of amides is 1. The zero-order chi connectivity index (χ0) is 15.4. The normalized spacial score (nSPS) is 11.9. The van der Waals surface area contributed by atoms with Crippen molar-refractivity contribution in [2.24, 2.45) is 0 Å². The van der Waals surface area contributed by atoms with Gasteiger partial charge in [0.15, 0.2) is 0 Å². The number of rotatable bonds is 5.